The highest BCUT2D eigenvalue weighted by Gasteiger charge is 2.48. The van der Waals surface area contributed by atoms with E-state index in [0.29, 0.717) is 24.8 Å². The van der Waals surface area contributed by atoms with Crippen molar-refractivity contribution in [2.45, 2.75) is 56.1 Å². The molecular weight excluding hydrogens is 452 g/mol. The Balaban J connectivity index is 1.68. The first-order chi connectivity index (χ1) is 16.0. The molecule has 1 aliphatic carbocycles. The van der Waals surface area contributed by atoms with Crippen LogP contribution in [0.15, 0.2) is 35.5 Å². The van der Waals surface area contributed by atoms with E-state index < -0.39 is 10.0 Å². The van der Waals surface area contributed by atoms with Crippen LogP contribution in [-0.4, -0.2) is 65.7 Å². The van der Waals surface area contributed by atoms with Gasteiger partial charge in [-0.1, -0.05) is 6.08 Å². The van der Waals surface area contributed by atoms with Crippen molar-refractivity contribution in [2.24, 2.45) is 12.2 Å². The minimum absolute atomic E-state index is 0.0220. The molecule has 1 amide bonds. The topological polar surface area (TPSA) is 105 Å². The third-order valence-corrected chi connectivity index (χ3v) is 8.40. The predicted molar refractivity (Wildman–Crippen MR) is 131 cm³/mol. The molecule has 5 rings (SSSR count). The number of anilines is 1. The molecule has 0 saturated heterocycles. The highest BCUT2D eigenvalue weighted by molar-refractivity contribution is 7.89. The average molecular weight is 485 g/mol. The van der Waals surface area contributed by atoms with Crippen molar-refractivity contribution in [3.05, 3.63) is 47.3 Å². The summed E-state index contributed by atoms with van der Waals surface area (Å²) >= 11 is 0. The summed E-state index contributed by atoms with van der Waals surface area (Å²) in [7, 11) is -0.0782. The lowest BCUT2D eigenvalue weighted by Gasteiger charge is -2.43. The van der Waals surface area contributed by atoms with Gasteiger partial charge in [0.25, 0.3) is 5.91 Å². The SMILES string of the molecule is C[C@@H]1CC(c2cc(S(N)(=O)=O)cc3c2N(C2(C)CC2)CN(Cc2cnn(C)c2)C3=O)=CCN1C. The quantitative estimate of drug-likeness (QED) is 0.697. The van der Waals surface area contributed by atoms with E-state index in [1.807, 2.05) is 13.2 Å². The van der Waals surface area contributed by atoms with Crippen LogP contribution in [0, 0.1) is 0 Å². The van der Waals surface area contributed by atoms with Gasteiger partial charge >= 0.3 is 0 Å². The lowest BCUT2D eigenvalue weighted by molar-refractivity contribution is 0.0722. The zero-order valence-electron chi connectivity index (χ0n) is 20.2. The van der Waals surface area contributed by atoms with Crippen molar-refractivity contribution < 1.29 is 13.2 Å². The molecule has 9 nitrogen and oxygen atoms in total. The fraction of sp³-hybridized carbons (Fsp3) is 0.500. The maximum atomic E-state index is 13.8. The molecule has 10 heteroatoms. The Morgan fingerprint density at radius 2 is 1.91 bits per heavy atom. The maximum absolute atomic E-state index is 13.8. The second-order valence-electron chi connectivity index (χ2n) is 10.2. The molecule has 3 aliphatic rings. The van der Waals surface area contributed by atoms with Crippen LogP contribution in [0.25, 0.3) is 5.57 Å². The Morgan fingerprint density at radius 1 is 1.21 bits per heavy atom. The third kappa shape index (κ3) is 4.03. The minimum Gasteiger partial charge on any atom is -0.347 e. The third-order valence-electron chi connectivity index (χ3n) is 7.51. The number of nitrogens with zero attached hydrogens (tertiary/aromatic N) is 5. The molecule has 1 saturated carbocycles. The van der Waals surface area contributed by atoms with Crippen LogP contribution < -0.4 is 10.0 Å². The predicted octanol–water partition coefficient (Wildman–Crippen LogP) is 2.15. The number of fused-ring (bicyclic) bond motifs is 1. The molecular formula is C24H32N6O3S. The Labute approximate surface area is 200 Å². The molecule has 1 aromatic heterocycles. The molecule has 34 heavy (non-hydrogen) atoms. The molecule has 0 spiro atoms. The normalized spacial score (nSPS) is 22.6. The number of aromatic nitrogens is 2. The second-order valence-corrected chi connectivity index (χ2v) is 11.8. The van der Waals surface area contributed by atoms with Crippen molar-refractivity contribution >= 4 is 27.2 Å². The summed E-state index contributed by atoms with van der Waals surface area (Å²) < 4.78 is 26.6. The number of carbonyl (C=O) groups excluding carboxylic acids is 1. The minimum atomic E-state index is -4.00. The number of carbonyl (C=O) groups is 1. The Hall–Kier alpha value is -2.69. The lowest BCUT2D eigenvalue weighted by atomic mass is 9.90. The zero-order chi connectivity index (χ0) is 24.4. The first-order valence-electron chi connectivity index (χ1n) is 11.6. The number of primary sulfonamides is 1. The highest BCUT2D eigenvalue weighted by Crippen LogP contribution is 2.49. The molecule has 1 aromatic carbocycles. The largest absolute Gasteiger partial charge is 0.347 e. The number of amides is 1. The van der Waals surface area contributed by atoms with E-state index in [2.05, 4.69) is 41.9 Å². The second kappa shape index (κ2) is 7.93. The van der Waals surface area contributed by atoms with Crippen LogP contribution in [0.1, 0.15) is 54.6 Å². The van der Waals surface area contributed by atoms with E-state index >= 15 is 0 Å². The number of benzene rings is 1. The lowest BCUT2D eigenvalue weighted by Crippen LogP contribution is -2.51. The van der Waals surface area contributed by atoms with Gasteiger partial charge in [0.05, 0.1) is 35.6 Å². The first kappa shape index (κ1) is 23.1. The van der Waals surface area contributed by atoms with Crippen LogP contribution >= 0.6 is 0 Å². The molecule has 2 aliphatic heterocycles. The number of likely N-dealkylation sites (N-methyl/N-ethyl adjacent to an activating group) is 1. The molecule has 182 valence electrons. The Morgan fingerprint density at radius 3 is 2.50 bits per heavy atom. The van der Waals surface area contributed by atoms with Crippen LogP contribution in [0.4, 0.5) is 5.69 Å². The van der Waals surface area contributed by atoms with Crippen LogP contribution in [0.5, 0.6) is 0 Å². The van der Waals surface area contributed by atoms with Crippen LogP contribution in [0.2, 0.25) is 0 Å². The average Bonchev–Trinajstić information content (AvgIpc) is 3.39. The van der Waals surface area contributed by atoms with Gasteiger partial charge in [0, 0.05) is 42.5 Å². The summed E-state index contributed by atoms with van der Waals surface area (Å²) in [4.78, 5) is 20.1. The van der Waals surface area contributed by atoms with Gasteiger partial charge in [0.2, 0.25) is 10.0 Å². The van der Waals surface area contributed by atoms with Gasteiger partial charge in [0.1, 0.15) is 0 Å². The van der Waals surface area contributed by atoms with E-state index in [-0.39, 0.29) is 16.3 Å². The van der Waals surface area contributed by atoms with Gasteiger partial charge in [0.15, 0.2) is 0 Å². The van der Waals surface area contributed by atoms with Crippen molar-refractivity contribution in [3.8, 4) is 0 Å². The Kier molecular flexibility index (Phi) is 5.38. The number of rotatable bonds is 5. The molecule has 3 heterocycles. The summed E-state index contributed by atoms with van der Waals surface area (Å²) in [6, 6.07) is 3.44. The number of aryl methyl sites for hydroxylation is 1. The van der Waals surface area contributed by atoms with Crippen molar-refractivity contribution in [2.75, 3.05) is 25.2 Å². The molecule has 1 atom stereocenters. The number of nitrogens with two attached hydrogens (primary N) is 1. The van der Waals surface area contributed by atoms with Crippen molar-refractivity contribution in [1.29, 1.82) is 0 Å². The van der Waals surface area contributed by atoms with Crippen LogP contribution in [-0.2, 0) is 23.6 Å². The molecule has 1 fully saturated rings. The van der Waals surface area contributed by atoms with Crippen LogP contribution in [0.3, 0.4) is 0 Å². The Bertz CT molecular complexity index is 1290. The molecule has 0 unspecified atom stereocenters. The first-order valence-corrected chi connectivity index (χ1v) is 13.2. The summed E-state index contributed by atoms with van der Waals surface area (Å²) in [5.41, 5.74) is 3.96. The van der Waals surface area contributed by atoms with Crippen molar-refractivity contribution in [1.82, 2.24) is 19.6 Å². The van der Waals surface area contributed by atoms with E-state index in [4.69, 9.17) is 5.14 Å². The van der Waals surface area contributed by atoms with Crippen molar-refractivity contribution in [3.63, 3.8) is 0 Å². The fourth-order valence-corrected chi connectivity index (χ4v) is 5.51. The molecule has 0 bridgehead atoms. The summed E-state index contributed by atoms with van der Waals surface area (Å²) in [6.45, 7) is 5.98. The standard InChI is InChI=1S/C24H32N6O3S/c1-16-9-18(5-8-27(16)3)20-10-19(34(25,32)33)11-21-22(20)30(24(2)6-7-24)15-29(23(21)31)14-17-12-26-28(4)13-17/h5,10-13,16H,6-9,14-15H2,1-4H3,(H2,25,32,33)/t16-/m1/s1. The summed E-state index contributed by atoms with van der Waals surface area (Å²) in [6.07, 6.45) is 8.61. The number of sulfonamides is 1. The van der Waals surface area contributed by atoms with E-state index in [1.54, 1.807) is 21.8 Å². The number of hydrogen-bond donors (Lipinski definition) is 1. The molecule has 2 N–H and O–H groups in total. The summed E-state index contributed by atoms with van der Waals surface area (Å²) in [5.74, 6) is -0.187. The van der Waals surface area contributed by atoms with Gasteiger partial charge < -0.3 is 9.80 Å². The van der Waals surface area contributed by atoms with Gasteiger partial charge in [-0.2, -0.15) is 5.10 Å². The van der Waals surface area contributed by atoms with Gasteiger partial charge in [-0.25, -0.2) is 13.6 Å². The zero-order valence-corrected chi connectivity index (χ0v) is 21.0. The van der Waals surface area contributed by atoms with E-state index in [1.165, 1.54) is 6.07 Å². The molecule has 2 aromatic rings. The number of hydrogen-bond acceptors (Lipinski definition) is 6. The van der Waals surface area contributed by atoms with Gasteiger partial charge in [-0.3, -0.25) is 14.4 Å². The monoisotopic (exact) mass is 484 g/mol. The van der Waals surface area contributed by atoms with E-state index in [0.717, 1.165) is 48.2 Å². The maximum Gasteiger partial charge on any atom is 0.257 e. The molecule has 0 radical (unpaired) electrons. The fourth-order valence-electron chi connectivity index (χ4n) is 4.95. The summed E-state index contributed by atoms with van der Waals surface area (Å²) in [5, 5.41) is 9.80. The van der Waals surface area contributed by atoms with Gasteiger partial charge in [-0.05, 0) is 57.9 Å². The highest BCUT2D eigenvalue weighted by atomic mass is 32.2. The van der Waals surface area contributed by atoms with E-state index in [9.17, 15) is 13.2 Å². The van der Waals surface area contributed by atoms with Gasteiger partial charge in [-0.15, -0.1) is 0 Å². The smallest absolute Gasteiger partial charge is 0.257 e.